The highest BCUT2D eigenvalue weighted by Gasteiger charge is 2.23. The number of likely N-dealkylation sites (N-methyl/N-ethyl adjacent to an activating group) is 1. The van der Waals surface area contributed by atoms with Crippen LogP contribution in [0.3, 0.4) is 0 Å². The molecule has 0 rings (SSSR count). The predicted octanol–water partition coefficient (Wildman–Crippen LogP) is 0.109. The van der Waals surface area contributed by atoms with Crippen LogP contribution in [0, 0.1) is 5.21 Å². The summed E-state index contributed by atoms with van der Waals surface area (Å²) in [6, 6.07) is -1.07. The van der Waals surface area contributed by atoms with Crippen molar-refractivity contribution >= 4 is 11.9 Å². The van der Waals surface area contributed by atoms with Gasteiger partial charge in [0.25, 0.3) is 6.29 Å². The highest BCUT2D eigenvalue weighted by Crippen LogP contribution is 2.00. The van der Waals surface area contributed by atoms with Crippen molar-refractivity contribution in [2.75, 3.05) is 7.05 Å². The molecule has 0 amide bonds. The smallest absolute Gasteiger partial charge is 0.331 e. The van der Waals surface area contributed by atoms with E-state index in [1.54, 1.807) is 0 Å². The number of aliphatic carboxylic acids is 1. The molecule has 0 aromatic heterocycles. The molecule has 17 heavy (non-hydrogen) atoms. The lowest BCUT2D eigenvalue weighted by atomic mass is 10.3. The third-order valence-electron chi connectivity index (χ3n) is 1.79. The molecule has 0 radical (unpaired) electrons. The summed E-state index contributed by atoms with van der Waals surface area (Å²) < 4.78 is 4.53. The van der Waals surface area contributed by atoms with Gasteiger partial charge in [0.05, 0.1) is 12.0 Å². The first kappa shape index (κ1) is 14.9. The number of hydrazine groups is 1. The second-order valence-corrected chi connectivity index (χ2v) is 3.20. The Labute approximate surface area is 97.7 Å². The fourth-order valence-corrected chi connectivity index (χ4v) is 0.728. The quantitative estimate of drug-likeness (QED) is 0.233. The normalized spacial score (nSPS) is 14.7. The summed E-state index contributed by atoms with van der Waals surface area (Å²) in [5, 5.41) is 23.7. The van der Waals surface area contributed by atoms with Gasteiger partial charge in [-0.15, -0.1) is 5.01 Å². The van der Waals surface area contributed by atoms with Crippen LogP contribution in [0.25, 0.3) is 0 Å². The van der Waals surface area contributed by atoms with Crippen molar-refractivity contribution in [1.82, 2.24) is 5.01 Å². The number of nitrogens with zero attached hydrogens (tertiary/aromatic N) is 3. The number of hydrogen-bond donors (Lipinski definition) is 1. The van der Waals surface area contributed by atoms with Crippen LogP contribution in [0.15, 0.2) is 5.28 Å². The zero-order valence-corrected chi connectivity index (χ0v) is 9.98. The lowest BCUT2D eigenvalue weighted by Gasteiger charge is -2.17. The Morgan fingerprint density at radius 2 is 2.00 bits per heavy atom. The minimum absolute atomic E-state index is 0.0429. The summed E-state index contributed by atoms with van der Waals surface area (Å²) in [5.41, 5.74) is 0. The van der Waals surface area contributed by atoms with Crippen molar-refractivity contribution in [3.8, 4) is 0 Å². The van der Waals surface area contributed by atoms with E-state index in [-0.39, 0.29) is 4.97 Å². The number of hydrogen-bond acceptors (Lipinski definition) is 6. The Hall–Kier alpha value is -2.06. The Bertz CT molecular complexity index is 318. The first-order valence-electron chi connectivity index (χ1n) is 4.72. The summed E-state index contributed by atoms with van der Waals surface area (Å²) >= 11 is 0. The first-order chi connectivity index (χ1) is 7.75. The van der Waals surface area contributed by atoms with Crippen LogP contribution >= 0.6 is 0 Å². The maximum Gasteiger partial charge on any atom is 0.331 e. The predicted molar refractivity (Wildman–Crippen MR) is 53.2 cm³/mol. The average Bonchev–Trinajstić information content (AvgIpc) is 2.22. The molecule has 0 bridgehead atoms. The maximum atomic E-state index is 11.2. The maximum absolute atomic E-state index is 11.2. The molecule has 0 aromatic rings. The molecular formula is C8H15N3O6. The average molecular weight is 249 g/mol. The largest absolute Gasteiger partial charge is 0.569 e. The third kappa shape index (κ3) is 5.54. The van der Waals surface area contributed by atoms with Crippen molar-refractivity contribution in [2.24, 2.45) is 5.28 Å². The Morgan fingerprint density at radius 1 is 1.47 bits per heavy atom. The van der Waals surface area contributed by atoms with E-state index in [1.165, 1.54) is 27.8 Å². The van der Waals surface area contributed by atoms with Gasteiger partial charge in [-0.25, -0.2) is 4.79 Å². The molecule has 0 spiro atoms. The highest BCUT2D eigenvalue weighted by atomic mass is 16.8. The van der Waals surface area contributed by atoms with Crippen LogP contribution in [-0.2, 0) is 19.2 Å². The topological polar surface area (TPSA) is 114 Å². The number of carbonyl (C=O) groups is 2. The molecule has 1 unspecified atom stereocenters. The van der Waals surface area contributed by atoms with Crippen molar-refractivity contribution in [3.05, 3.63) is 5.21 Å². The highest BCUT2D eigenvalue weighted by molar-refractivity contribution is 5.72. The molecule has 98 valence electrons. The van der Waals surface area contributed by atoms with Gasteiger partial charge in [0, 0.05) is 13.8 Å². The van der Waals surface area contributed by atoms with Crippen LogP contribution in [0.1, 0.15) is 20.8 Å². The monoisotopic (exact) mass is 249 g/mol. The summed E-state index contributed by atoms with van der Waals surface area (Å²) in [6.45, 7) is 3.84. The van der Waals surface area contributed by atoms with Crippen molar-refractivity contribution < 1.29 is 29.2 Å². The lowest BCUT2D eigenvalue weighted by Crippen LogP contribution is -2.40. The molecule has 0 saturated carbocycles. The first-order valence-corrected chi connectivity index (χ1v) is 4.72. The van der Waals surface area contributed by atoms with E-state index >= 15 is 0 Å². The van der Waals surface area contributed by atoms with Gasteiger partial charge in [0.15, 0.2) is 6.04 Å². The zero-order valence-electron chi connectivity index (χ0n) is 9.98. The van der Waals surface area contributed by atoms with Gasteiger partial charge < -0.3 is 15.1 Å². The molecule has 9 heteroatoms. The number of carboxylic acid groups (broad SMARTS) is 1. The molecule has 0 aromatic carbocycles. The summed E-state index contributed by atoms with van der Waals surface area (Å²) in [7, 11) is 1.23. The third-order valence-corrected chi connectivity index (χ3v) is 1.79. The van der Waals surface area contributed by atoms with Gasteiger partial charge in [0.1, 0.15) is 0 Å². The Morgan fingerprint density at radius 3 is 2.41 bits per heavy atom. The van der Waals surface area contributed by atoms with Gasteiger partial charge in [-0.05, 0) is 6.92 Å². The fraction of sp³-hybridized carbons (Fsp3) is 0.750. The van der Waals surface area contributed by atoms with Crippen LogP contribution < -0.4 is 0 Å². The lowest BCUT2D eigenvalue weighted by molar-refractivity contribution is -0.711. The molecule has 0 fully saturated rings. The fourth-order valence-electron chi connectivity index (χ4n) is 0.728. The second-order valence-electron chi connectivity index (χ2n) is 3.20. The van der Waals surface area contributed by atoms with Crippen molar-refractivity contribution in [2.45, 2.75) is 33.1 Å². The summed E-state index contributed by atoms with van der Waals surface area (Å²) in [6.07, 6.45) is -1.03. The van der Waals surface area contributed by atoms with Gasteiger partial charge in [-0.2, -0.15) is 0 Å². The molecule has 1 N–H and O–H groups in total. The van der Waals surface area contributed by atoms with E-state index in [0.717, 1.165) is 5.01 Å². The van der Waals surface area contributed by atoms with E-state index in [9.17, 15) is 14.8 Å². The van der Waals surface area contributed by atoms with Crippen molar-refractivity contribution in [3.63, 3.8) is 0 Å². The molecule has 0 aliphatic rings. The van der Waals surface area contributed by atoms with E-state index < -0.39 is 24.3 Å². The molecule has 0 heterocycles. The van der Waals surface area contributed by atoms with Gasteiger partial charge in [-0.3, -0.25) is 9.63 Å². The summed E-state index contributed by atoms with van der Waals surface area (Å²) in [4.78, 5) is 25.6. The van der Waals surface area contributed by atoms with Crippen LogP contribution in [0.5, 0.6) is 0 Å². The number of esters is 1. The van der Waals surface area contributed by atoms with Gasteiger partial charge >= 0.3 is 11.9 Å². The van der Waals surface area contributed by atoms with Crippen LogP contribution in [0.4, 0.5) is 0 Å². The molecule has 0 saturated heterocycles. The number of ether oxygens (including phenoxy) is 1. The SMILES string of the molecule is CC(=O)OC(C)O/N=[N+](\[O-])N(C)[C@@H](C)C(=O)O. The van der Waals surface area contributed by atoms with Gasteiger partial charge in [0.2, 0.25) is 5.28 Å². The van der Waals surface area contributed by atoms with Crippen molar-refractivity contribution in [1.29, 1.82) is 0 Å². The van der Waals surface area contributed by atoms with Gasteiger partial charge in [-0.1, -0.05) is 0 Å². The van der Waals surface area contributed by atoms with E-state index in [2.05, 4.69) is 14.9 Å². The molecular weight excluding hydrogens is 234 g/mol. The minimum Gasteiger partial charge on any atom is -0.569 e. The standard InChI is InChI=1S/C8H15N3O6/c1-5(8(13)14)10(4)11(15)9-17-7(3)16-6(2)12/h5,7H,1-4H3,(H,13,14)/b11-9-/t5-,7?/m0/s1. The van der Waals surface area contributed by atoms with Crippen LogP contribution in [-0.4, -0.2) is 46.4 Å². The molecule has 0 aliphatic carbocycles. The van der Waals surface area contributed by atoms with E-state index in [0.29, 0.717) is 0 Å². The molecule has 0 aliphatic heterocycles. The number of carboxylic acids is 1. The molecule has 2 atom stereocenters. The number of rotatable bonds is 6. The van der Waals surface area contributed by atoms with E-state index in [1.807, 2.05) is 0 Å². The van der Waals surface area contributed by atoms with Crippen LogP contribution in [0.2, 0.25) is 0 Å². The zero-order chi connectivity index (χ0) is 13.6. The Balaban J connectivity index is 4.34. The van der Waals surface area contributed by atoms with E-state index in [4.69, 9.17) is 5.11 Å². The number of carbonyl (C=O) groups excluding carboxylic acids is 1. The molecule has 9 nitrogen and oxygen atoms in total. The second kappa shape index (κ2) is 6.51. The Kier molecular flexibility index (Phi) is 5.72. The summed E-state index contributed by atoms with van der Waals surface area (Å²) in [5.74, 6) is -1.77. The minimum atomic E-state index is -1.18.